The summed E-state index contributed by atoms with van der Waals surface area (Å²) in [6.45, 7) is 1.61. The number of oxime groups is 1. The van der Waals surface area contributed by atoms with Gasteiger partial charge in [0, 0.05) is 12.7 Å². The predicted octanol–water partition coefficient (Wildman–Crippen LogP) is -0.991. The van der Waals surface area contributed by atoms with E-state index in [2.05, 4.69) is 15.5 Å². The fourth-order valence-corrected chi connectivity index (χ4v) is 1.33. The summed E-state index contributed by atoms with van der Waals surface area (Å²) < 4.78 is 0. The fraction of sp³-hybridized carbons (Fsp3) is 0.455. The van der Waals surface area contributed by atoms with E-state index in [1.165, 1.54) is 6.20 Å². The Kier molecular flexibility index (Phi) is 5.02. The molecular formula is C11H18N4O3. The Balaban J connectivity index is 2.85. The third-order valence-corrected chi connectivity index (χ3v) is 2.65. The van der Waals surface area contributed by atoms with E-state index in [9.17, 15) is 0 Å². The second-order valence-electron chi connectivity index (χ2n) is 4.23. The molecule has 7 heteroatoms. The summed E-state index contributed by atoms with van der Waals surface area (Å²) in [5.41, 5.74) is 5.79. The van der Waals surface area contributed by atoms with Gasteiger partial charge in [-0.1, -0.05) is 11.2 Å². The highest BCUT2D eigenvalue weighted by atomic mass is 16.4. The van der Waals surface area contributed by atoms with Crippen LogP contribution in [0.3, 0.4) is 0 Å². The predicted molar refractivity (Wildman–Crippen MR) is 66.2 cm³/mol. The molecule has 0 aliphatic rings. The molecule has 0 aliphatic heterocycles. The Morgan fingerprint density at radius 2 is 2.17 bits per heavy atom. The van der Waals surface area contributed by atoms with Crippen LogP contribution in [-0.4, -0.2) is 45.0 Å². The molecule has 0 saturated heterocycles. The molecule has 0 aliphatic carbocycles. The van der Waals surface area contributed by atoms with E-state index < -0.39 is 5.54 Å². The minimum Gasteiger partial charge on any atom is -0.409 e. The lowest BCUT2D eigenvalue weighted by molar-refractivity contribution is 0.103. The van der Waals surface area contributed by atoms with Gasteiger partial charge >= 0.3 is 0 Å². The maximum absolute atomic E-state index is 9.16. The number of nitrogens with zero attached hydrogens (tertiary/aromatic N) is 2. The minimum atomic E-state index is -0.793. The van der Waals surface area contributed by atoms with Crippen LogP contribution in [-0.2, 0) is 6.54 Å². The molecule has 1 heterocycles. The standard InChI is InChI=1S/C11H18N4O3/c1-11(6-16,7-17)14-5-8-3-2-4-13-9(8)10(12)15-18/h2-4,14,16-18H,5-7H2,1H3,(H2,12,15). The van der Waals surface area contributed by atoms with Crippen molar-refractivity contribution in [2.45, 2.75) is 19.0 Å². The van der Waals surface area contributed by atoms with Crippen LogP contribution in [0.15, 0.2) is 23.5 Å². The lowest BCUT2D eigenvalue weighted by Crippen LogP contribution is -2.48. The van der Waals surface area contributed by atoms with Crippen LogP contribution in [0.1, 0.15) is 18.2 Å². The SMILES string of the molecule is CC(CO)(CO)NCc1cccnc1/C(N)=N/O. The molecule has 0 amide bonds. The highest BCUT2D eigenvalue weighted by Crippen LogP contribution is 2.08. The maximum atomic E-state index is 9.16. The molecule has 0 saturated carbocycles. The van der Waals surface area contributed by atoms with Gasteiger partial charge in [-0.25, -0.2) is 0 Å². The number of hydrogen-bond acceptors (Lipinski definition) is 6. The number of aliphatic hydroxyl groups is 2. The average Bonchev–Trinajstić information content (AvgIpc) is 2.44. The van der Waals surface area contributed by atoms with Gasteiger partial charge in [-0.05, 0) is 18.6 Å². The van der Waals surface area contributed by atoms with Gasteiger partial charge < -0.3 is 26.5 Å². The molecule has 0 spiro atoms. The Labute approximate surface area is 105 Å². The van der Waals surface area contributed by atoms with Crippen molar-refractivity contribution in [2.24, 2.45) is 10.9 Å². The molecule has 1 rings (SSSR count). The van der Waals surface area contributed by atoms with Crippen molar-refractivity contribution in [1.29, 1.82) is 0 Å². The van der Waals surface area contributed by atoms with E-state index in [0.717, 1.165) is 0 Å². The highest BCUT2D eigenvalue weighted by molar-refractivity contribution is 5.96. The zero-order valence-electron chi connectivity index (χ0n) is 10.2. The molecular weight excluding hydrogens is 236 g/mol. The van der Waals surface area contributed by atoms with Crippen LogP contribution in [0.4, 0.5) is 0 Å². The molecule has 18 heavy (non-hydrogen) atoms. The van der Waals surface area contributed by atoms with E-state index in [1.54, 1.807) is 19.1 Å². The van der Waals surface area contributed by atoms with E-state index in [0.29, 0.717) is 17.8 Å². The summed E-state index contributed by atoms with van der Waals surface area (Å²) in [5.74, 6) is -0.0814. The van der Waals surface area contributed by atoms with Gasteiger partial charge in [0.2, 0.25) is 0 Å². The van der Waals surface area contributed by atoms with Gasteiger partial charge in [0.05, 0.1) is 18.8 Å². The number of rotatable bonds is 6. The Hall–Kier alpha value is -1.70. The van der Waals surface area contributed by atoms with Crippen molar-refractivity contribution in [1.82, 2.24) is 10.3 Å². The summed E-state index contributed by atoms with van der Waals surface area (Å²) in [5, 5.41) is 32.9. The van der Waals surface area contributed by atoms with Crippen LogP contribution < -0.4 is 11.1 Å². The number of aliphatic hydroxyl groups excluding tert-OH is 2. The number of amidine groups is 1. The lowest BCUT2D eigenvalue weighted by atomic mass is 10.0. The Morgan fingerprint density at radius 1 is 1.50 bits per heavy atom. The molecule has 0 bridgehead atoms. The molecule has 0 aromatic carbocycles. The summed E-state index contributed by atoms with van der Waals surface area (Å²) in [4.78, 5) is 4.02. The van der Waals surface area contributed by atoms with E-state index >= 15 is 0 Å². The molecule has 1 aromatic rings. The normalized spacial score (nSPS) is 12.7. The van der Waals surface area contributed by atoms with Gasteiger partial charge in [-0.2, -0.15) is 0 Å². The molecule has 0 atom stereocenters. The zero-order valence-corrected chi connectivity index (χ0v) is 10.2. The largest absolute Gasteiger partial charge is 0.409 e. The van der Waals surface area contributed by atoms with Gasteiger partial charge in [-0.15, -0.1) is 0 Å². The van der Waals surface area contributed by atoms with Crippen LogP contribution in [0.25, 0.3) is 0 Å². The zero-order chi connectivity index (χ0) is 13.6. The third-order valence-electron chi connectivity index (χ3n) is 2.65. The lowest BCUT2D eigenvalue weighted by Gasteiger charge is -2.26. The van der Waals surface area contributed by atoms with Crippen LogP contribution in [0, 0.1) is 0 Å². The summed E-state index contributed by atoms with van der Waals surface area (Å²) in [7, 11) is 0. The number of pyridine rings is 1. The average molecular weight is 254 g/mol. The number of aromatic nitrogens is 1. The fourth-order valence-electron chi connectivity index (χ4n) is 1.33. The van der Waals surface area contributed by atoms with E-state index in [1.807, 2.05) is 0 Å². The second-order valence-corrected chi connectivity index (χ2v) is 4.23. The highest BCUT2D eigenvalue weighted by Gasteiger charge is 2.22. The van der Waals surface area contributed by atoms with E-state index in [-0.39, 0.29) is 19.0 Å². The maximum Gasteiger partial charge on any atom is 0.189 e. The smallest absolute Gasteiger partial charge is 0.189 e. The first-order chi connectivity index (χ1) is 8.56. The minimum absolute atomic E-state index is 0.0814. The Morgan fingerprint density at radius 3 is 2.72 bits per heavy atom. The van der Waals surface area contributed by atoms with Gasteiger partial charge in [0.15, 0.2) is 5.84 Å². The number of nitrogens with one attached hydrogen (secondary N) is 1. The molecule has 0 radical (unpaired) electrons. The van der Waals surface area contributed by atoms with Crippen LogP contribution in [0.2, 0.25) is 0 Å². The Bertz CT molecular complexity index is 419. The molecule has 0 unspecified atom stereocenters. The molecule has 0 fully saturated rings. The van der Waals surface area contributed by atoms with Crippen molar-refractivity contribution in [3.63, 3.8) is 0 Å². The van der Waals surface area contributed by atoms with Crippen molar-refractivity contribution >= 4 is 5.84 Å². The van der Waals surface area contributed by atoms with Crippen LogP contribution >= 0.6 is 0 Å². The first-order valence-corrected chi connectivity index (χ1v) is 5.45. The van der Waals surface area contributed by atoms with Crippen LogP contribution in [0.5, 0.6) is 0 Å². The number of hydrogen-bond donors (Lipinski definition) is 5. The molecule has 6 N–H and O–H groups in total. The van der Waals surface area contributed by atoms with Gasteiger partial charge in [0.25, 0.3) is 0 Å². The molecule has 100 valence electrons. The summed E-state index contributed by atoms with van der Waals surface area (Å²) >= 11 is 0. The number of nitrogens with two attached hydrogens (primary N) is 1. The summed E-state index contributed by atoms with van der Waals surface area (Å²) in [6.07, 6.45) is 1.54. The van der Waals surface area contributed by atoms with Crippen molar-refractivity contribution in [3.8, 4) is 0 Å². The second kappa shape index (κ2) is 6.29. The van der Waals surface area contributed by atoms with E-state index in [4.69, 9.17) is 21.2 Å². The first kappa shape index (κ1) is 14.4. The first-order valence-electron chi connectivity index (χ1n) is 5.45. The quantitative estimate of drug-likeness (QED) is 0.192. The van der Waals surface area contributed by atoms with Crippen molar-refractivity contribution in [3.05, 3.63) is 29.6 Å². The summed E-state index contributed by atoms with van der Waals surface area (Å²) in [6, 6.07) is 3.49. The van der Waals surface area contributed by atoms with Crippen molar-refractivity contribution < 1.29 is 15.4 Å². The van der Waals surface area contributed by atoms with Gasteiger partial charge in [0.1, 0.15) is 5.69 Å². The molecule has 7 nitrogen and oxygen atoms in total. The topological polar surface area (TPSA) is 124 Å². The van der Waals surface area contributed by atoms with Gasteiger partial charge in [-0.3, -0.25) is 4.98 Å². The van der Waals surface area contributed by atoms with Crippen molar-refractivity contribution in [2.75, 3.05) is 13.2 Å². The molecule has 1 aromatic heterocycles. The third kappa shape index (κ3) is 3.39. The monoisotopic (exact) mass is 254 g/mol.